The van der Waals surface area contributed by atoms with E-state index in [9.17, 15) is 4.79 Å². The molecule has 4 heteroatoms. The molecule has 1 N–H and O–H groups in total. The van der Waals surface area contributed by atoms with E-state index in [-0.39, 0.29) is 5.91 Å². The Morgan fingerprint density at radius 1 is 1.20 bits per heavy atom. The van der Waals surface area contributed by atoms with Crippen molar-refractivity contribution < 1.29 is 4.79 Å². The maximum atomic E-state index is 12.0. The van der Waals surface area contributed by atoms with Crippen molar-refractivity contribution in [1.82, 2.24) is 5.32 Å². The van der Waals surface area contributed by atoms with Gasteiger partial charge in [0.25, 0.3) is 0 Å². The predicted molar refractivity (Wildman–Crippen MR) is 85.9 cm³/mol. The van der Waals surface area contributed by atoms with E-state index >= 15 is 0 Å². The van der Waals surface area contributed by atoms with E-state index in [1.54, 1.807) is 0 Å². The van der Waals surface area contributed by atoms with Crippen LogP contribution in [-0.2, 0) is 17.8 Å². The van der Waals surface area contributed by atoms with Gasteiger partial charge < -0.3 is 5.32 Å². The summed E-state index contributed by atoms with van der Waals surface area (Å²) in [6.07, 6.45) is 0.390. The Bertz CT molecular complexity index is 628. The molecule has 0 heterocycles. The zero-order valence-electron chi connectivity index (χ0n) is 11.1. The van der Waals surface area contributed by atoms with Crippen molar-refractivity contribution in [3.8, 4) is 0 Å². The monoisotopic (exact) mass is 351 g/mol. The summed E-state index contributed by atoms with van der Waals surface area (Å²) in [6, 6.07) is 13.5. The molecule has 0 bridgehead atoms. The maximum absolute atomic E-state index is 12.0. The minimum Gasteiger partial charge on any atom is -0.352 e. The Balaban J connectivity index is 1.94. The SMILES string of the molecule is Cc1ccccc1CC(=O)NCc1ccc(Br)cc1Cl. The molecule has 2 aromatic carbocycles. The molecule has 104 valence electrons. The van der Waals surface area contributed by atoms with E-state index < -0.39 is 0 Å². The van der Waals surface area contributed by atoms with E-state index in [1.807, 2.05) is 49.4 Å². The van der Waals surface area contributed by atoms with Crippen molar-refractivity contribution in [1.29, 1.82) is 0 Å². The standard InChI is InChI=1S/C16H15BrClNO/c1-11-4-2-3-5-12(11)8-16(20)19-10-13-6-7-14(17)9-15(13)18/h2-7,9H,8,10H2,1H3,(H,19,20). The summed E-state index contributed by atoms with van der Waals surface area (Å²) in [5.74, 6) is -0.00159. The predicted octanol–water partition coefficient (Wildman–Crippen LogP) is 4.27. The summed E-state index contributed by atoms with van der Waals surface area (Å²) in [5, 5.41) is 3.54. The highest BCUT2D eigenvalue weighted by molar-refractivity contribution is 9.10. The quantitative estimate of drug-likeness (QED) is 0.875. The van der Waals surface area contributed by atoms with E-state index in [0.29, 0.717) is 18.0 Å². The molecule has 2 rings (SSSR count). The number of hydrogen-bond acceptors (Lipinski definition) is 1. The van der Waals surface area contributed by atoms with Crippen molar-refractivity contribution >= 4 is 33.4 Å². The zero-order valence-corrected chi connectivity index (χ0v) is 13.5. The minimum atomic E-state index is -0.00159. The average molecular weight is 353 g/mol. The van der Waals surface area contributed by atoms with Gasteiger partial charge in [-0.1, -0.05) is 57.9 Å². The molecule has 0 saturated carbocycles. The Morgan fingerprint density at radius 3 is 2.65 bits per heavy atom. The molecular weight excluding hydrogens is 338 g/mol. The van der Waals surface area contributed by atoms with Crippen LogP contribution >= 0.6 is 27.5 Å². The molecule has 0 saturated heterocycles. The topological polar surface area (TPSA) is 29.1 Å². The fourth-order valence-electron chi connectivity index (χ4n) is 1.90. The van der Waals surface area contributed by atoms with Gasteiger partial charge in [0, 0.05) is 16.0 Å². The summed E-state index contributed by atoms with van der Waals surface area (Å²) >= 11 is 9.47. The first-order valence-electron chi connectivity index (χ1n) is 6.31. The second kappa shape index (κ2) is 6.91. The number of benzene rings is 2. The van der Waals surface area contributed by atoms with Crippen LogP contribution in [0, 0.1) is 6.92 Å². The molecule has 0 aromatic heterocycles. The molecule has 1 amide bonds. The van der Waals surface area contributed by atoms with E-state index in [1.165, 1.54) is 0 Å². The lowest BCUT2D eigenvalue weighted by atomic mass is 10.1. The van der Waals surface area contributed by atoms with Gasteiger partial charge in [-0.25, -0.2) is 0 Å². The molecule has 0 spiro atoms. The van der Waals surface area contributed by atoms with Crippen molar-refractivity contribution in [2.24, 2.45) is 0 Å². The fraction of sp³-hybridized carbons (Fsp3) is 0.188. The smallest absolute Gasteiger partial charge is 0.224 e. The van der Waals surface area contributed by atoms with Crippen LogP contribution in [0.15, 0.2) is 46.9 Å². The number of nitrogens with one attached hydrogen (secondary N) is 1. The van der Waals surface area contributed by atoms with Gasteiger partial charge in [-0.2, -0.15) is 0 Å². The van der Waals surface area contributed by atoms with Gasteiger partial charge >= 0.3 is 0 Å². The number of halogens is 2. The third kappa shape index (κ3) is 4.09. The molecule has 2 nitrogen and oxygen atoms in total. The van der Waals surface area contributed by atoms with Crippen molar-refractivity contribution in [3.63, 3.8) is 0 Å². The molecule has 0 radical (unpaired) electrons. The highest BCUT2D eigenvalue weighted by atomic mass is 79.9. The number of amides is 1. The Morgan fingerprint density at radius 2 is 1.95 bits per heavy atom. The third-order valence-electron chi connectivity index (χ3n) is 3.10. The largest absolute Gasteiger partial charge is 0.352 e. The summed E-state index contributed by atoms with van der Waals surface area (Å²) in [4.78, 5) is 12.0. The van der Waals surface area contributed by atoms with Crippen LogP contribution in [0.3, 0.4) is 0 Å². The molecule has 0 fully saturated rings. The molecule has 0 aliphatic rings. The Labute approximate surface area is 132 Å². The van der Waals surface area contributed by atoms with E-state index in [4.69, 9.17) is 11.6 Å². The summed E-state index contributed by atoms with van der Waals surface area (Å²) < 4.78 is 0.928. The van der Waals surface area contributed by atoms with Crippen LogP contribution in [-0.4, -0.2) is 5.91 Å². The zero-order chi connectivity index (χ0) is 14.5. The van der Waals surface area contributed by atoms with Crippen molar-refractivity contribution in [2.75, 3.05) is 0 Å². The van der Waals surface area contributed by atoms with Gasteiger partial charge in [0.15, 0.2) is 0 Å². The molecular formula is C16H15BrClNO. The minimum absolute atomic E-state index is 0.00159. The van der Waals surface area contributed by atoms with Crippen LogP contribution in [0.1, 0.15) is 16.7 Å². The van der Waals surface area contributed by atoms with Gasteiger partial charge in [-0.3, -0.25) is 4.79 Å². The summed E-state index contributed by atoms with van der Waals surface area (Å²) in [5.41, 5.74) is 3.09. The van der Waals surface area contributed by atoms with Crippen molar-refractivity contribution in [3.05, 3.63) is 68.7 Å². The number of aryl methyl sites for hydroxylation is 1. The second-order valence-electron chi connectivity index (χ2n) is 4.62. The molecule has 0 unspecified atom stereocenters. The summed E-state index contributed by atoms with van der Waals surface area (Å²) in [6.45, 7) is 2.45. The lowest BCUT2D eigenvalue weighted by Gasteiger charge is -2.09. The highest BCUT2D eigenvalue weighted by Gasteiger charge is 2.07. The maximum Gasteiger partial charge on any atom is 0.224 e. The lowest BCUT2D eigenvalue weighted by Crippen LogP contribution is -2.25. The molecule has 2 aromatic rings. The highest BCUT2D eigenvalue weighted by Crippen LogP contribution is 2.21. The van der Waals surface area contributed by atoms with Gasteiger partial charge in [-0.05, 0) is 35.7 Å². The van der Waals surface area contributed by atoms with Crippen LogP contribution < -0.4 is 5.32 Å². The molecule has 20 heavy (non-hydrogen) atoms. The fourth-order valence-corrected chi connectivity index (χ4v) is 2.64. The lowest BCUT2D eigenvalue weighted by molar-refractivity contribution is -0.120. The number of carbonyl (C=O) groups excluding carboxylic acids is 1. The van der Waals surface area contributed by atoms with E-state index in [2.05, 4.69) is 21.2 Å². The first-order chi connectivity index (χ1) is 9.56. The summed E-state index contributed by atoms with van der Waals surface area (Å²) in [7, 11) is 0. The number of rotatable bonds is 4. The van der Waals surface area contributed by atoms with Crippen LogP contribution in [0.5, 0.6) is 0 Å². The van der Waals surface area contributed by atoms with Crippen LogP contribution in [0.2, 0.25) is 5.02 Å². The molecule has 0 atom stereocenters. The number of carbonyl (C=O) groups is 1. The van der Waals surface area contributed by atoms with Crippen LogP contribution in [0.25, 0.3) is 0 Å². The molecule has 0 aliphatic carbocycles. The number of hydrogen-bond donors (Lipinski definition) is 1. The van der Waals surface area contributed by atoms with E-state index in [0.717, 1.165) is 21.2 Å². The normalized spacial score (nSPS) is 10.3. The molecule has 0 aliphatic heterocycles. The Kier molecular flexibility index (Phi) is 5.21. The van der Waals surface area contributed by atoms with Crippen molar-refractivity contribution in [2.45, 2.75) is 19.9 Å². The average Bonchev–Trinajstić information content (AvgIpc) is 2.40. The van der Waals surface area contributed by atoms with Gasteiger partial charge in [0.2, 0.25) is 5.91 Å². The second-order valence-corrected chi connectivity index (χ2v) is 5.94. The third-order valence-corrected chi connectivity index (χ3v) is 3.95. The first-order valence-corrected chi connectivity index (χ1v) is 7.48. The van der Waals surface area contributed by atoms with Crippen LogP contribution in [0.4, 0.5) is 0 Å². The van der Waals surface area contributed by atoms with Gasteiger partial charge in [-0.15, -0.1) is 0 Å². The van der Waals surface area contributed by atoms with Gasteiger partial charge in [0.05, 0.1) is 6.42 Å². The Hall–Kier alpha value is -1.32. The first kappa shape index (κ1) is 15.1. The van der Waals surface area contributed by atoms with Gasteiger partial charge in [0.1, 0.15) is 0 Å².